The summed E-state index contributed by atoms with van der Waals surface area (Å²) >= 11 is 6.37. The van der Waals surface area contributed by atoms with Crippen molar-refractivity contribution in [3.8, 4) is 17.0 Å². The molecule has 2 atom stereocenters. The maximum atomic E-state index is 14.0. The number of hydrogen-bond acceptors (Lipinski definition) is 10. The van der Waals surface area contributed by atoms with Gasteiger partial charge in [0.15, 0.2) is 5.82 Å². The van der Waals surface area contributed by atoms with Crippen molar-refractivity contribution in [1.29, 1.82) is 0 Å². The Balaban J connectivity index is 1.33. The van der Waals surface area contributed by atoms with Crippen LogP contribution in [0, 0.1) is 5.82 Å². The zero-order valence-electron chi connectivity index (χ0n) is 22.2. The van der Waals surface area contributed by atoms with E-state index in [4.69, 9.17) is 16.3 Å². The van der Waals surface area contributed by atoms with E-state index in [1.165, 1.54) is 47.4 Å². The number of methoxy groups -OCH3 is 1. The summed E-state index contributed by atoms with van der Waals surface area (Å²) in [5.41, 5.74) is 1.92. The number of fused-ring (bicyclic) bond motifs is 1. The lowest BCUT2D eigenvalue weighted by molar-refractivity contribution is -0.126. The first-order valence-corrected chi connectivity index (χ1v) is 12.8. The van der Waals surface area contributed by atoms with Crippen LogP contribution in [-0.2, 0) is 18.4 Å². The fourth-order valence-corrected chi connectivity index (χ4v) is 4.55. The summed E-state index contributed by atoms with van der Waals surface area (Å²) in [7, 11) is 3.06. The molecule has 13 nitrogen and oxygen atoms in total. The second-order valence-corrected chi connectivity index (χ2v) is 9.64. The van der Waals surface area contributed by atoms with E-state index < -0.39 is 36.3 Å². The molecule has 2 amide bonds. The summed E-state index contributed by atoms with van der Waals surface area (Å²) in [6.07, 6.45) is 4.47. The number of aliphatic hydroxyl groups is 1. The lowest BCUT2D eigenvalue weighted by Gasteiger charge is -2.26. The molecular formula is C26H25ClFN9O4. The number of carbonyl (C=O) groups is 2. The number of anilines is 2. The lowest BCUT2D eigenvalue weighted by Crippen LogP contribution is -2.46. The van der Waals surface area contributed by atoms with E-state index in [2.05, 4.69) is 35.8 Å². The summed E-state index contributed by atoms with van der Waals surface area (Å²) in [6.45, 7) is 1.17. The minimum Gasteiger partial charge on any atom is -0.497 e. The maximum Gasteiger partial charge on any atom is 0.256 e. The predicted octanol–water partition coefficient (Wildman–Crippen LogP) is 2.41. The normalized spacial score (nSPS) is 14.0. The number of aliphatic hydroxyl groups excluding tert-OH is 1. The van der Waals surface area contributed by atoms with Gasteiger partial charge in [-0.2, -0.15) is 9.90 Å². The number of nitrogens with one attached hydrogen (secondary N) is 2. The van der Waals surface area contributed by atoms with Crippen LogP contribution in [-0.4, -0.2) is 71.5 Å². The van der Waals surface area contributed by atoms with E-state index in [0.29, 0.717) is 33.9 Å². The third-order valence-corrected chi connectivity index (χ3v) is 6.79. The van der Waals surface area contributed by atoms with Gasteiger partial charge in [0.25, 0.3) is 5.91 Å². The van der Waals surface area contributed by atoms with Crippen LogP contribution >= 0.6 is 11.6 Å². The van der Waals surface area contributed by atoms with Gasteiger partial charge in [0.05, 0.1) is 60.7 Å². The molecule has 1 aromatic carbocycles. The van der Waals surface area contributed by atoms with Crippen molar-refractivity contribution < 1.29 is 23.8 Å². The Labute approximate surface area is 238 Å². The molecule has 1 aliphatic heterocycles. The van der Waals surface area contributed by atoms with Crippen LogP contribution in [0.15, 0.2) is 42.9 Å². The minimum absolute atomic E-state index is 0.0948. The molecule has 3 N–H and O–H groups in total. The Morgan fingerprint density at radius 3 is 2.73 bits per heavy atom. The number of aromatic nitrogens is 6. The second-order valence-electron chi connectivity index (χ2n) is 9.23. The van der Waals surface area contributed by atoms with Crippen molar-refractivity contribution in [3.63, 3.8) is 0 Å². The fraction of sp³-hybridized carbons (Fsp3) is 0.269. The van der Waals surface area contributed by atoms with Crippen LogP contribution in [0.1, 0.15) is 34.6 Å². The van der Waals surface area contributed by atoms with Gasteiger partial charge < -0.3 is 25.4 Å². The van der Waals surface area contributed by atoms with E-state index in [-0.39, 0.29) is 23.3 Å². The maximum absolute atomic E-state index is 14.0. The van der Waals surface area contributed by atoms with Crippen molar-refractivity contribution in [2.45, 2.75) is 25.6 Å². The molecule has 0 saturated heterocycles. The summed E-state index contributed by atoms with van der Waals surface area (Å²) in [5.74, 6) is -0.620. The number of benzene rings is 1. The molecule has 0 unspecified atom stereocenters. The molecule has 0 bridgehead atoms. The molecule has 3 aromatic heterocycles. The van der Waals surface area contributed by atoms with Crippen LogP contribution in [0.25, 0.3) is 11.3 Å². The number of aryl methyl sites for hydroxylation is 1. The van der Waals surface area contributed by atoms with E-state index in [1.54, 1.807) is 26.2 Å². The van der Waals surface area contributed by atoms with E-state index in [0.717, 1.165) is 0 Å². The van der Waals surface area contributed by atoms with Gasteiger partial charge in [0.1, 0.15) is 17.6 Å². The summed E-state index contributed by atoms with van der Waals surface area (Å²) in [5, 5.41) is 23.9. The van der Waals surface area contributed by atoms with Gasteiger partial charge in [-0.05, 0) is 30.7 Å². The molecule has 1 aliphatic rings. The molecular weight excluding hydrogens is 557 g/mol. The highest BCUT2D eigenvalue weighted by molar-refractivity contribution is 6.33. The molecule has 0 aliphatic carbocycles. The highest BCUT2D eigenvalue weighted by Gasteiger charge is 2.36. The largest absolute Gasteiger partial charge is 0.497 e. The monoisotopic (exact) mass is 581 g/mol. The molecule has 0 fully saturated rings. The van der Waals surface area contributed by atoms with Gasteiger partial charge in [-0.1, -0.05) is 11.6 Å². The lowest BCUT2D eigenvalue weighted by atomic mass is 10.1. The minimum atomic E-state index is -0.921. The van der Waals surface area contributed by atoms with Gasteiger partial charge in [0.2, 0.25) is 11.9 Å². The second kappa shape index (κ2) is 11.4. The zero-order valence-corrected chi connectivity index (χ0v) is 22.9. The molecule has 4 heterocycles. The average molecular weight is 582 g/mol. The fourth-order valence-electron chi connectivity index (χ4n) is 4.35. The molecule has 4 aromatic rings. The van der Waals surface area contributed by atoms with Crippen LogP contribution in [0.3, 0.4) is 0 Å². The Morgan fingerprint density at radius 1 is 1.22 bits per heavy atom. The first-order valence-electron chi connectivity index (χ1n) is 12.4. The molecule has 0 spiro atoms. The Kier molecular flexibility index (Phi) is 7.77. The third-order valence-electron chi connectivity index (χ3n) is 6.52. The topological polar surface area (TPSA) is 160 Å². The van der Waals surface area contributed by atoms with E-state index in [1.807, 2.05) is 0 Å². The predicted molar refractivity (Wildman–Crippen MR) is 145 cm³/mol. The van der Waals surface area contributed by atoms with Crippen molar-refractivity contribution in [2.75, 3.05) is 19.0 Å². The van der Waals surface area contributed by atoms with Crippen molar-refractivity contribution in [3.05, 3.63) is 70.5 Å². The first kappa shape index (κ1) is 27.9. The molecule has 212 valence electrons. The highest BCUT2D eigenvalue weighted by atomic mass is 35.5. The molecule has 0 saturated carbocycles. The van der Waals surface area contributed by atoms with Crippen molar-refractivity contribution >= 4 is 35.2 Å². The van der Waals surface area contributed by atoms with Gasteiger partial charge >= 0.3 is 0 Å². The Hall–Kier alpha value is -4.69. The third kappa shape index (κ3) is 5.78. The quantitative estimate of drug-likeness (QED) is 0.268. The summed E-state index contributed by atoms with van der Waals surface area (Å²) < 4.78 is 19.1. The number of pyridine rings is 1. The van der Waals surface area contributed by atoms with E-state index in [9.17, 15) is 19.1 Å². The Morgan fingerprint density at radius 2 is 2.02 bits per heavy atom. The number of halogens is 2. The van der Waals surface area contributed by atoms with Crippen LogP contribution in [0.5, 0.6) is 5.75 Å². The first-order chi connectivity index (χ1) is 19.7. The van der Waals surface area contributed by atoms with Crippen molar-refractivity contribution in [1.82, 2.24) is 40.2 Å². The van der Waals surface area contributed by atoms with Crippen LogP contribution < -0.4 is 15.4 Å². The zero-order chi connectivity index (χ0) is 29.3. The number of rotatable bonds is 9. The van der Waals surface area contributed by atoms with Gasteiger partial charge in [-0.25, -0.2) is 14.4 Å². The number of carbonyl (C=O) groups excluding carboxylic acids is 2. The van der Waals surface area contributed by atoms with Gasteiger partial charge in [0, 0.05) is 24.9 Å². The number of ether oxygens (including phenoxy) is 1. The molecule has 41 heavy (non-hydrogen) atoms. The number of nitrogens with zero attached hydrogens (tertiary/aromatic N) is 7. The smallest absolute Gasteiger partial charge is 0.256 e. The molecule has 15 heteroatoms. The van der Waals surface area contributed by atoms with E-state index >= 15 is 0 Å². The van der Waals surface area contributed by atoms with Crippen LogP contribution in [0.2, 0.25) is 5.02 Å². The van der Waals surface area contributed by atoms with Gasteiger partial charge in [-0.3, -0.25) is 14.6 Å². The van der Waals surface area contributed by atoms with Gasteiger partial charge in [-0.15, -0.1) is 5.10 Å². The van der Waals surface area contributed by atoms with Crippen molar-refractivity contribution in [2.24, 2.45) is 7.05 Å². The summed E-state index contributed by atoms with van der Waals surface area (Å²) in [6, 6.07) is 3.69. The SMILES string of the molecule is COc1cc(F)cc([C@@H](CO)NC(=O)[C@@H](C)N2Cc3ncc(-c4nc(Nc5cnn(C)n5)ncc4Cl)cc3C2=O)c1. The van der Waals surface area contributed by atoms with Crippen LogP contribution in [0.4, 0.5) is 16.2 Å². The Bertz CT molecular complexity index is 1630. The summed E-state index contributed by atoms with van der Waals surface area (Å²) in [4.78, 5) is 42.3. The molecule has 0 radical (unpaired) electrons. The highest BCUT2D eigenvalue weighted by Crippen LogP contribution is 2.31. The molecule has 5 rings (SSSR count). The number of amides is 2. The average Bonchev–Trinajstić information content (AvgIpc) is 3.53. The standard InChI is InChI=1S/C26H25ClFN9O4/c1-13(24(39)32-21(12-38)14-4-16(28)7-17(5-14)41-3)37-11-20-18(25(37)40)6-15(8-29-20)23-19(27)9-30-26(34-23)33-22-10-31-36(2)35-22/h4-10,13,21,38H,11-12H2,1-3H3,(H,32,39)(H,30,33,34,35)/t13-,21-/m1/s1. The number of hydrogen-bond donors (Lipinski definition) is 3.